The molecule has 1 aliphatic rings. The van der Waals surface area contributed by atoms with Crippen LogP contribution < -0.4 is 10.1 Å². The van der Waals surface area contributed by atoms with Crippen molar-refractivity contribution < 1.29 is 14.3 Å². The first kappa shape index (κ1) is 14.6. The second-order valence-electron chi connectivity index (χ2n) is 6.15. The van der Waals surface area contributed by atoms with E-state index in [1.807, 2.05) is 32.9 Å². The van der Waals surface area contributed by atoms with Gasteiger partial charge >= 0.3 is 0 Å². The lowest BCUT2D eigenvalue weighted by molar-refractivity contribution is -0.124. The van der Waals surface area contributed by atoms with Crippen LogP contribution in [0, 0.1) is 0 Å². The van der Waals surface area contributed by atoms with Crippen molar-refractivity contribution in [3.8, 4) is 5.75 Å². The van der Waals surface area contributed by atoms with E-state index in [-0.39, 0.29) is 23.8 Å². The van der Waals surface area contributed by atoms with Gasteiger partial charge in [-0.2, -0.15) is 0 Å². The summed E-state index contributed by atoms with van der Waals surface area (Å²) in [7, 11) is 0. The zero-order valence-corrected chi connectivity index (χ0v) is 12.3. The summed E-state index contributed by atoms with van der Waals surface area (Å²) in [5.41, 5.74) is 1.41. The molecule has 108 valence electrons. The number of rotatable bonds is 3. The number of benzene rings is 1. The van der Waals surface area contributed by atoms with Crippen molar-refractivity contribution in [1.29, 1.82) is 0 Å². The maximum Gasteiger partial charge on any atom is 0.258 e. The molecule has 1 aliphatic carbocycles. The van der Waals surface area contributed by atoms with Crippen molar-refractivity contribution in [1.82, 2.24) is 5.32 Å². The van der Waals surface area contributed by atoms with Crippen molar-refractivity contribution in [2.75, 3.05) is 6.61 Å². The van der Waals surface area contributed by atoms with Gasteiger partial charge in [0.1, 0.15) is 5.75 Å². The molecule has 0 atom stereocenters. The van der Waals surface area contributed by atoms with Crippen LogP contribution in [0.25, 0.3) is 0 Å². The number of amides is 1. The second kappa shape index (κ2) is 5.65. The van der Waals surface area contributed by atoms with Crippen LogP contribution in [0.1, 0.15) is 49.5 Å². The van der Waals surface area contributed by atoms with Crippen LogP contribution in [0.5, 0.6) is 5.75 Å². The SMILES string of the molecule is CC(C)(C)NC(=O)COc1cccc2c1CCCC2=O. The Balaban J connectivity index is 2.06. The third-order valence-electron chi connectivity index (χ3n) is 3.14. The quantitative estimate of drug-likeness (QED) is 0.922. The smallest absolute Gasteiger partial charge is 0.258 e. The topological polar surface area (TPSA) is 55.4 Å². The molecule has 0 aliphatic heterocycles. The highest BCUT2D eigenvalue weighted by Crippen LogP contribution is 2.29. The van der Waals surface area contributed by atoms with Crippen molar-refractivity contribution >= 4 is 11.7 Å². The molecule has 4 heteroatoms. The van der Waals surface area contributed by atoms with Gasteiger partial charge in [0.25, 0.3) is 5.91 Å². The molecule has 0 spiro atoms. The Morgan fingerprint density at radius 3 is 2.75 bits per heavy atom. The molecular formula is C16H21NO3. The summed E-state index contributed by atoms with van der Waals surface area (Å²) in [6.07, 6.45) is 2.28. The Hall–Kier alpha value is -1.84. The Bertz CT molecular complexity index is 529. The molecule has 0 bridgehead atoms. The summed E-state index contributed by atoms with van der Waals surface area (Å²) in [5.74, 6) is 0.660. The first-order valence-corrected chi connectivity index (χ1v) is 6.96. The largest absolute Gasteiger partial charge is 0.483 e. The lowest BCUT2D eigenvalue weighted by Crippen LogP contribution is -2.43. The maximum atomic E-state index is 11.8. The molecule has 0 aromatic heterocycles. The van der Waals surface area contributed by atoms with E-state index in [2.05, 4.69) is 5.32 Å². The summed E-state index contributed by atoms with van der Waals surface area (Å²) in [6.45, 7) is 5.75. The van der Waals surface area contributed by atoms with Crippen LogP contribution in [-0.2, 0) is 11.2 Å². The number of hydrogen-bond donors (Lipinski definition) is 1. The van der Waals surface area contributed by atoms with Gasteiger partial charge in [-0.05, 0) is 39.7 Å². The van der Waals surface area contributed by atoms with Crippen LogP contribution in [0.3, 0.4) is 0 Å². The minimum Gasteiger partial charge on any atom is -0.483 e. The van der Waals surface area contributed by atoms with Crippen LogP contribution >= 0.6 is 0 Å². The van der Waals surface area contributed by atoms with Gasteiger partial charge in [-0.3, -0.25) is 9.59 Å². The number of Topliss-reactive ketones (excluding diaryl/α,β-unsaturated/α-hetero) is 1. The predicted octanol–water partition coefficient (Wildman–Crippen LogP) is 2.50. The summed E-state index contributed by atoms with van der Waals surface area (Å²) in [4.78, 5) is 23.6. The monoisotopic (exact) mass is 275 g/mol. The molecule has 0 saturated carbocycles. The van der Waals surface area contributed by atoms with E-state index in [4.69, 9.17) is 4.74 Å². The van der Waals surface area contributed by atoms with Gasteiger partial charge in [0.2, 0.25) is 0 Å². The highest BCUT2D eigenvalue weighted by Gasteiger charge is 2.21. The second-order valence-corrected chi connectivity index (χ2v) is 6.15. The summed E-state index contributed by atoms with van der Waals surface area (Å²) in [6, 6.07) is 5.46. The molecule has 0 fully saturated rings. The van der Waals surface area contributed by atoms with Crippen molar-refractivity contribution in [3.05, 3.63) is 29.3 Å². The third kappa shape index (κ3) is 3.59. The van der Waals surface area contributed by atoms with E-state index in [0.717, 1.165) is 24.0 Å². The zero-order valence-electron chi connectivity index (χ0n) is 12.3. The van der Waals surface area contributed by atoms with Crippen LogP contribution in [0.4, 0.5) is 0 Å². The summed E-state index contributed by atoms with van der Waals surface area (Å²) >= 11 is 0. The Labute approximate surface area is 119 Å². The highest BCUT2D eigenvalue weighted by atomic mass is 16.5. The minimum atomic E-state index is -0.271. The molecule has 1 N–H and O–H groups in total. The molecule has 0 radical (unpaired) electrons. The molecule has 1 amide bonds. The molecular weight excluding hydrogens is 254 g/mol. The standard InChI is InChI=1S/C16H21NO3/c1-16(2,3)17-15(19)10-20-14-9-5-6-11-12(14)7-4-8-13(11)18/h5-6,9H,4,7-8,10H2,1-3H3,(H,17,19). The Morgan fingerprint density at radius 2 is 2.05 bits per heavy atom. The number of carbonyl (C=O) groups is 2. The lowest BCUT2D eigenvalue weighted by atomic mass is 9.90. The Kier molecular flexibility index (Phi) is 4.12. The van der Waals surface area contributed by atoms with Crippen LogP contribution in [0.2, 0.25) is 0 Å². The molecule has 2 rings (SSSR count). The fraction of sp³-hybridized carbons (Fsp3) is 0.500. The van der Waals surface area contributed by atoms with Gasteiger partial charge in [0, 0.05) is 23.1 Å². The Morgan fingerprint density at radius 1 is 1.30 bits per heavy atom. The first-order chi connectivity index (χ1) is 9.37. The van der Waals surface area contributed by atoms with Gasteiger partial charge in [0.15, 0.2) is 12.4 Å². The fourth-order valence-electron chi connectivity index (χ4n) is 2.38. The van der Waals surface area contributed by atoms with Gasteiger partial charge < -0.3 is 10.1 Å². The predicted molar refractivity (Wildman–Crippen MR) is 77.1 cm³/mol. The van der Waals surface area contributed by atoms with Crippen molar-refractivity contribution in [2.24, 2.45) is 0 Å². The normalized spacial score (nSPS) is 14.7. The third-order valence-corrected chi connectivity index (χ3v) is 3.14. The fourth-order valence-corrected chi connectivity index (χ4v) is 2.38. The highest BCUT2D eigenvalue weighted by molar-refractivity contribution is 5.99. The molecule has 4 nitrogen and oxygen atoms in total. The van der Waals surface area contributed by atoms with Gasteiger partial charge in [-0.15, -0.1) is 0 Å². The minimum absolute atomic E-state index is 0.0259. The number of ether oxygens (including phenoxy) is 1. The molecule has 0 heterocycles. The molecule has 0 unspecified atom stereocenters. The summed E-state index contributed by atoms with van der Waals surface area (Å²) < 4.78 is 5.60. The van der Waals surface area contributed by atoms with Crippen molar-refractivity contribution in [3.63, 3.8) is 0 Å². The van der Waals surface area contributed by atoms with E-state index in [1.165, 1.54) is 0 Å². The number of ketones is 1. The van der Waals surface area contributed by atoms with E-state index in [1.54, 1.807) is 6.07 Å². The molecule has 0 saturated heterocycles. The van der Waals surface area contributed by atoms with E-state index in [0.29, 0.717) is 12.2 Å². The van der Waals surface area contributed by atoms with Gasteiger partial charge in [-0.1, -0.05) is 12.1 Å². The van der Waals surface area contributed by atoms with E-state index >= 15 is 0 Å². The zero-order chi connectivity index (χ0) is 14.8. The summed E-state index contributed by atoms with van der Waals surface area (Å²) in [5, 5.41) is 2.85. The first-order valence-electron chi connectivity index (χ1n) is 6.96. The lowest BCUT2D eigenvalue weighted by Gasteiger charge is -2.22. The van der Waals surface area contributed by atoms with Gasteiger partial charge in [-0.25, -0.2) is 0 Å². The van der Waals surface area contributed by atoms with Crippen molar-refractivity contribution in [2.45, 2.75) is 45.6 Å². The number of carbonyl (C=O) groups excluding carboxylic acids is 2. The molecule has 20 heavy (non-hydrogen) atoms. The number of fused-ring (bicyclic) bond motifs is 1. The van der Waals surface area contributed by atoms with E-state index in [9.17, 15) is 9.59 Å². The average molecular weight is 275 g/mol. The maximum absolute atomic E-state index is 11.8. The number of hydrogen-bond acceptors (Lipinski definition) is 3. The van der Waals surface area contributed by atoms with Crippen LogP contribution in [-0.4, -0.2) is 23.8 Å². The molecule has 1 aromatic carbocycles. The van der Waals surface area contributed by atoms with Crippen LogP contribution in [0.15, 0.2) is 18.2 Å². The average Bonchev–Trinajstić information content (AvgIpc) is 2.35. The molecule has 1 aromatic rings. The van der Waals surface area contributed by atoms with Gasteiger partial charge in [0.05, 0.1) is 0 Å². The number of nitrogens with one attached hydrogen (secondary N) is 1. The van der Waals surface area contributed by atoms with E-state index < -0.39 is 0 Å².